The summed E-state index contributed by atoms with van der Waals surface area (Å²) in [7, 11) is 1.90. The lowest BCUT2D eigenvalue weighted by atomic mass is 10.4. The summed E-state index contributed by atoms with van der Waals surface area (Å²) in [6.45, 7) is 1.35. The van der Waals surface area contributed by atoms with Crippen molar-refractivity contribution in [1.82, 2.24) is 15.1 Å². The maximum absolute atomic E-state index is 5.15. The first-order valence-corrected chi connectivity index (χ1v) is 3.47. The molecule has 0 saturated heterocycles. The molecule has 0 bridgehead atoms. The molecule has 0 aromatic carbocycles. The molecule has 0 fully saturated rings. The Hall–Kier alpha value is -1.27. The Balaban J connectivity index is 2.71. The van der Waals surface area contributed by atoms with Gasteiger partial charge in [0.1, 0.15) is 6.54 Å². The number of hydrogen-bond acceptors (Lipinski definition) is 2. The average molecular weight is 149 g/mol. The van der Waals surface area contributed by atoms with Gasteiger partial charge in [0.2, 0.25) is 0 Å². The van der Waals surface area contributed by atoms with E-state index < -0.39 is 0 Å². The highest BCUT2D eigenvalue weighted by Crippen LogP contribution is 1.96. The van der Waals surface area contributed by atoms with Crippen molar-refractivity contribution in [3.05, 3.63) is 18.0 Å². The highest BCUT2D eigenvalue weighted by atomic mass is 15.3. The van der Waals surface area contributed by atoms with Crippen LogP contribution >= 0.6 is 0 Å². The average Bonchev–Trinajstić information content (AvgIpc) is 2.39. The summed E-state index contributed by atoms with van der Waals surface area (Å²) in [5.74, 6) is 2.54. The van der Waals surface area contributed by atoms with Crippen molar-refractivity contribution in [3.63, 3.8) is 0 Å². The van der Waals surface area contributed by atoms with E-state index in [2.05, 4.69) is 16.3 Å². The summed E-state index contributed by atoms with van der Waals surface area (Å²) in [5, 5.41) is 7.10. The fourth-order valence-electron chi connectivity index (χ4n) is 0.920. The molecule has 0 unspecified atom stereocenters. The van der Waals surface area contributed by atoms with Crippen molar-refractivity contribution in [2.45, 2.75) is 13.1 Å². The van der Waals surface area contributed by atoms with Crippen LogP contribution < -0.4 is 5.32 Å². The van der Waals surface area contributed by atoms with Crippen LogP contribution in [-0.2, 0) is 13.1 Å². The van der Waals surface area contributed by atoms with Crippen LogP contribution in [0.5, 0.6) is 0 Å². The first-order valence-electron chi connectivity index (χ1n) is 3.47. The zero-order valence-corrected chi connectivity index (χ0v) is 6.54. The van der Waals surface area contributed by atoms with Gasteiger partial charge in [0.15, 0.2) is 0 Å². The van der Waals surface area contributed by atoms with Crippen LogP contribution in [0.15, 0.2) is 12.3 Å². The Bertz CT molecular complexity index is 257. The van der Waals surface area contributed by atoms with E-state index in [1.165, 1.54) is 0 Å². The van der Waals surface area contributed by atoms with Gasteiger partial charge in [0.25, 0.3) is 0 Å². The predicted molar refractivity (Wildman–Crippen MR) is 43.8 cm³/mol. The van der Waals surface area contributed by atoms with Crippen LogP contribution in [0.2, 0.25) is 0 Å². The van der Waals surface area contributed by atoms with Crippen LogP contribution in [0.4, 0.5) is 0 Å². The van der Waals surface area contributed by atoms with Gasteiger partial charge >= 0.3 is 0 Å². The minimum absolute atomic E-state index is 0.546. The maximum Gasteiger partial charge on any atom is 0.102 e. The predicted octanol–water partition coefficient (Wildman–Crippen LogP) is 0.236. The quantitative estimate of drug-likeness (QED) is 0.624. The van der Waals surface area contributed by atoms with E-state index in [0.29, 0.717) is 6.54 Å². The van der Waals surface area contributed by atoms with Crippen molar-refractivity contribution in [3.8, 4) is 12.3 Å². The van der Waals surface area contributed by atoms with E-state index in [4.69, 9.17) is 6.42 Å². The van der Waals surface area contributed by atoms with E-state index in [0.717, 1.165) is 12.2 Å². The van der Waals surface area contributed by atoms with Gasteiger partial charge in [-0.2, -0.15) is 5.10 Å². The zero-order chi connectivity index (χ0) is 8.10. The molecule has 3 nitrogen and oxygen atoms in total. The molecule has 1 N–H and O–H groups in total. The maximum atomic E-state index is 5.15. The van der Waals surface area contributed by atoms with Crippen molar-refractivity contribution >= 4 is 0 Å². The van der Waals surface area contributed by atoms with Crippen molar-refractivity contribution < 1.29 is 0 Å². The minimum Gasteiger partial charge on any atom is -0.314 e. The largest absolute Gasteiger partial charge is 0.314 e. The highest BCUT2D eigenvalue weighted by Gasteiger charge is 1.97. The van der Waals surface area contributed by atoms with Crippen LogP contribution in [0, 0.1) is 12.3 Å². The molecular weight excluding hydrogens is 138 g/mol. The van der Waals surface area contributed by atoms with Crippen molar-refractivity contribution in [2.24, 2.45) is 0 Å². The van der Waals surface area contributed by atoms with Gasteiger partial charge < -0.3 is 5.32 Å². The topological polar surface area (TPSA) is 29.9 Å². The van der Waals surface area contributed by atoms with E-state index in [1.807, 2.05) is 13.1 Å². The molecule has 0 aliphatic carbocycles. The second kappa shape index (κ2) is 3.79. The number of hydrogen-bond donors (Lipinski definition) is 1. The lowest BCUT2D eigenvalue weighted by Crippen LogP contribution is -2.11. The molecule has 0 spiro atoms. The van der Waals surface area contributed by atoms with Gasteiger partial charge in [-0.25, -0.2) is 0 Å². The molecule has 58 valence electrons. The fourth-order valence-corrected chi connectivity index (χ4v) is 0.920. The van der Waals surface area contributed by atoms with Crippen LogP contribution in [0.25, 0.3) is 0 Å². The van der Waals surface area contributed by atoms with E-state index in [9.17, 15) is 0 Å². The van der Waals surface area contributed by atoms with Gasteiger partial charge in [0, 0.05) is 12.7 Å². The van der Waals surface area contributed by atoms with Gasteiger partial charge in [-0.3, -0.25) is 4.68 Å². The second-order valence-corrected chi connectivity index (χ2v) is 2.21. The first kappa shape index (κ1) is 7.83. The molecule has 1 aromatic rings. The van der Waals surface area contributed by atoms with E-state index in [1.54, 1.807) is 10.9 Å². The third kappa shape index (κ3) is 1.82. The Morgan fingerprint density at radius 1 is 1.82 bits per heavy atom. The van der Waals surface area contributed by atoms with E-state index >= 15 is 0 Å². The Labute approximate surface area is 66.4 Å². The zero-order valence-electron chi connectivity index (χ0n) is 6.54. The van der Waals surface area contributed by atoms with Crippen LogP contribution in [-0.4, -0.2) is 16.8 Å². The van der Waals surface area contributed by atoms with Crippen LogP contribution in [0.3, 0.4) is 0 Å². The van der Waals surface area contributed by atoms with Gasteiger partial charge in [-0.05, 0) is 13.1 Å². The molecule has 1 aromatic heterocycles. The highest BCUT2D eigenvalue weighted by molar-refractivity contribution is 5.02. The van der Waals surface area contributed by atoms with Gasteiger partial charge in [-0.1, -0.05) is 5.92 Å². The third-order valence-electron chi connectivity index (χ3n) is 1.40. The smallest absolute Gasteiger partial charge is 0.102 e. The SMILES string of the molecule is C#CCn1nccc1CNC. The molecule has 0 atom stereocenters. The fraction of sp³-hybridized carbons (Fsp3) is 0.375. The number of aromatic nitrogens is 2. The molecule has 1 rings (SSSR count). The summed E-state index contributed by atoms with van der Waals surface area (Å²) in [5.41, 5.74) is 1.12. The second-order valence-electron chi connectivity index (χ2n) is 2.21. The summed E-state index contributed by atoms with van der Waals surface area (Å²) < 4.78 is 1.80. The Morgan fingerprint density at radius 3 is 3.27 bits per heavy atom. The lowest BCUT2D eigenvalue weighted by molar-refractivity contribution is 0.641. The number of terminal acetylenes is 1. The molecule has 3 heteroatoms. The number of nitrogens with one attached hydrogen (secondary N) is 1. The number of rotatable bonds is 3. The lowest BCUT2D eigenvalue weighted by Gasteiger charge is -2.01. The molecule has 0 aliphatic rings. The molecule has 0 radical (unpaired) electrons. The molecular formula is C8H11N3. The summed E-state index contributed by atoms with van der Waals surface area (Å²) in [6, 6.07) is 1.95. The summed E-state index contributed by atoms with van der Waals surface area (Å²) in [4.78, 5) is 0. The molecule has 0 aliphatic heterocycles. The van der Waals surface area contributed by atoms with Crippen LogP contribution in [0.1, 0.15) is 5.69 Å². The number of nitrogens with zero attached hydrogens (tertiary/aromatic N) is 2. The molecule has 0 saturated carbocycles. The molecule has 11 heavy (non-hydrogen) atoms. The van der Waals surface area contributed by atoms with Gasteiger partial charge in [0.05, 0.1) is 5.69 Å². The summed E-state index contributed by atoms with van der Waals surface area (Å²) in [6.07, 6.45) is 6.91. The van der Waals surface area contributed by atoms with Gasteiger partial charge in [-0.15, -0.1) is 6.42 Å². The monoisotopic (exact) mass is 149 g/mol. The summed E-state index contributed by atoms with van der Waals surface area (Å²) >= 11 is 0. The van der Waals surface area contributed by atoms with E-state index in [-0.39, 0.29) is 0 Å². The Morgan fingerprint density at radius 2 is 2.64 bits per heavy atom. The minimum atomic E-state index is 0.546. The first-order chi connectivity index (χ1) is 5.38. The molecule has 0 amide bonds. The normalized spacial score (nSPS) is 9.45. The Kier molecular flexibility index (Phi) is 2.70. The third-order valence-corrected chi connectivity index (χ3v) is 1.40. The standard InChI is InChI=1S/C8H11N3/c1-3-6-11-8(7-9-2)4-5-10-11/h1,4-5,9H,6-7H2,2H3. The molecule has 1 heterocycles. The van der Waals surface area contributed by atoms with Crippen molar-refractivity contribution in [1.29, 1.82) is 0 Å². The van der Waals surface area contributed by atoms with Crippen molar-refractivity contribution in [2.75, 3.05) is 7.05 Å².